The minimum Gasteiger partial charge on any atom is -0.375 e. The van der Waals surface area contributed by atoms with Crippen LogP contribution < -0.4 is 10.6 Å². The maximum absolute atomic E-state index is 11.5. The number of aryl methyl sites for hydroxylation is 1. The number of anilines is 1. The van der Waals surface area contributed by atoms with Crippen LogP contribution in [0.2, 0.25) is 0 Å². The van der Waals surface area contributed by atoms with Crippen molar-refractivity contribution in [2.45, 2.75) is 13.5 Å². The Hall–Kier alpha value is -2.41. The number of benzene rings is 1. The molecule has 7 heteroatoms. The van der Waals surface area contributed by atoms with E-state index in [9.17, 15) is 14.9 Å². The molecule has 1 amide bonds. The highest BCUT2D eigenvalue weighted by atomic mass is 32.1. The fourth-order valence-corrected chi connectivity index (χ4v) is 2.73. The third-order valence-corrected chi connectivity index (χ3v) is 4.02. The molecule has 21 heavy (non-hydrogen) atoms. The highest BCUT2D eigenvalue weighted by Gasteiger charge is 2.17. The summed E-state index contributed by atoms with van der Waals surface area (Å²) in [7, 11) is 1.49. The highest BCUT2D eigenvalue weighted by Crippen LogP contribution is 2.26. The first-order chi connectivity index (χ1) is 10.0. The molecule has 6 nitrogen and oxygen atoms in total. The molecule has 0 aliphatic heterocycles. The number of carbonyl (C=O) groups is 1. The number of carbonyl (C=O) groups excluding carboxylic acids is 1. The summed E-state index contributed by atoms with van der Waals surface area (Å²) in [5, 5.41) is 20.7. The SMILES string of the molecule is CNC(=O)c1ccc(NCc2cscc2C)c([N+](=O)[O-])c1. The summed E-state index contributed by atoms with van der Waals surface area (Å²) < 4.78 is 0. The van der Waals surface area contributed by atoms with Crippen LogP contribution in [0.4, 0.5) is 11.4 Å². The van der Waals surface area contributed by atoms with Gasteiger partial charge in [0.15, 0.2) is 0 Å². The molecule has 2 aromatic rings. The van der Waals surface area contributed by atoms with Crippen molar-refractivity contribution in [2.24, 2.45) is 0 Å². The minimum absolute atomic E-state index is 0.107. The Morgan fingerprint density at radius 3 is 2.71 bits per heavy atom. The van der Waals surface area contributed by atoms with E-state index in [1.807, 2.05) is 17.7 Å². The van der Waals surface area contributed by atoms with Gasteiger partial charge in [0.1, 0.15) is 5.69 Å². The average molecular weight is 305 g/mol. The zero-order valence-electron chi connectivity index (χ0n) is 11.7. The fraction of sp³-hybridized carbons (Fsp3) is 0.214. The largest absolute Gasteiger partial charge is 0.375 e. The van der Waals surface area contributed by atoms with Crippen molar-refractivity contribution in [3.8, 4) is 0 Å². The van der Waals surface area contributed by atoms with Gasteiger partial charge in [-0.15, -0.1) is 0 Å². The van der Waals surface area contributed by atoms with Crippen LogP contribution in [0, 0.1) is 17.0 Å². The van der Waals surface area contributed by atoms with Crippen LogP contribution in [0.3, 0.4) is 0 Å². The molecule has 1 aromatic carbocycles. The molecule has 0 aliphatic carbocycles. The van der Waals surface area contributed by atoms with Gasteiger partial charge in [-0.3, -0.25) is 14.9 Å². The van der Waals surface area contributed by atoms with Gasteiger partial charge in [0, 0.05) is 25.2 Å². The minimum atomic E-state index is -0.491. The van der Waals surface area contributed by atoms with E-state index in [0.29, 0.717) is 12.2 Å². The fourth-order valence-electron chi connectivity index (χ4n) is 1.88. The van der Waals surface area contributed by atoms with Gasteiger partial charge in [-0.05, 0) is 40.9 Å². The predicted molar refractivity (Wildman–Crippen MR) is 82.9 cm³/mol. The lowest BCUT2D eigenvalue weighted by Gasteiger charge is -2.08. The van der Waals surface area contributed by atoms with Crippen LogP contribution in [-0.2, 0) is 6.54 Å². The topological polar surface area (TPSA) is 84.3 Å². The highest BCUT2D eigenvalue weighted by molar-refractivity contribution is 7.08. The first kappa shape index (κ1) is 15.0. The van der Waals surface area contributed by atoms with Gasteiger partial charge in [0.25, 0.3) is 11.6 Å². The van der Waals surface area contributed by atoms with E-state index >= 15 is 0 Å². The first-order valence-corrected chi connectivity index (χ1v) is 7.23. The normalized spacial score (nSPS) is 10.2. The monoisotopic (exact) mass is 305 g/mol. The number of nitrogens with zero attached hydrogens (tertiary/aromatic N) is 1. The zero-order chi connectivity index (χ0) is 15.4. The van der Waals surface area contributed by atoms with Crippen molar-refractivity contribution >= 4 is 28.6 Å². The third-order valence-electron chi connectivity index (χ3n) is 3.11. The lowest BCUT2D eigenvalue weighted by molar-refractivity contribution is -0.384. The summed E-state index contributed by atoms with van der Waals surface area (Å²) in [6.07, 6.45) is 0. The van der Waals surface area contributed by atoms with Crippen LogP contribution >= 0.6 is 11.3 Å². The Morgan fingerprint density at radius 1 is 1.38 bits per heavy atom. The van der Waals surface area contributed by atoms with Crippen LogP contribution in [0.1, 0.15) is 21.5 Å². The van der Waals surface area contributed by atoms with Crippen molar-refractivity contribution in [2.75, 3.05) is 12.4 Å². The Balaban J connectivity index is 2.24. The summed E-state index contributed by atoms with van der Waals surface area (Å²) >= 11 is 1.59. The van der Waals surface area contributed by atoms with E-state index in [-0.39, 0.29) is 17.2 Å². The van der Waals surface area contributed by atoms with E-state index in [4.69, 9.17) is 0 Å². The van der Waals surface area contributed by atoms with Crippen molar-refractivity contribution in [1.82, 2.24) is 5.32 Å². The molecular weight excluding hydrogens is 290 g/mol. The molecule has 0 radical (unpaired) electrons. The molecule has 0 fully saturated rings. The summed E-state index contributed by atoms with van der Waals surface area (Å²) in [5.74, 6) is -0.349. The summed E-state index contributed by atoms with van der Waals surface area (Å²) in [6.45, 7) is 2.51. The Labute approximate surface area is 126 Å². The number of rotatable bonds is 5. The molecular formula is C14H15N3O3S. The zero-order valence-corrected chi connectivity index (χ0v) is 12.5. The van der Waals surface area contributed by atoms with Gasteiger partial charge in [-0.1, -0.05) is 0 Å². The number of hydrogen-bond donors (Lipinski definition) is 2. The van der Waals surface area contributed by atoms with E-state index in [1.54, 1.807) is 23.5 Å². The van der Waals surface area contributed by atoms with Crippen molar-refractivity contribution in [3.05, 3.63) is 55.8 Å². The average Bonchev–Trinajstić information content (AvgIpc) is 2.89. The van der Waals surface area contributed by atoms with E-state index < -0.39 is 4.92 Å². The van der Waals surface area contributed by atoms with E-state index in [1.165, 1.54) is 13.1 Å². The number of hydrogen-bond acceptors (Lipinski definition) is 5. The van der Waals surface area contributed by atoms with Crippen molar-refractivity contribution < 1.29 is 9.72 Å². The molecule has 0 spiro atoms. The molecule has 1 aromatic heterocycles. The number of amides is 1. The number of thiophene rings is 1. The van der Waals surface area contributed by atoms with Crippen molar-refractivity contribution in [3.63, 3.8) is 0 Å². The third kappa shape index (κ3) is 3.38. The molecule has 2 N–H and O–H groups in total. The van der Waals surface area contributed by atoms with Crippen LogP contribution in [0.25, 0.3) is 0 Å². The molecule has 0 atom stereocenters. The molecule has 0 aliphatic rings. The second-order valence-electron chi connectivity index (χ2n) is 4.50. The van der Waals surface area contributed by atoms with E-state index in [2.05, 4.69) is 10.6 Å². The first-order valence-electron chi connectivity index (χ1n) is 6.29. The molecule has 110 valence electrons. The smallest absolute Gasteiger partial charge is 0.293 e. The van der Waals surface area contributed by atoms with Gasteiger partial charge < -0.3 is 10.6 Å². The molecule has 0 bridgehead atoms. The Bertz CT molecular complexity index is 682. The lowest BCUT2D eigenvalue weighted by atomic mass is 10.1. The van der Waals surface area contributed by atoms with Crippen LogP contribution in [0.15, 0.2) is 29.0 Å². The van der Waals surface area contributed by atoms with Gasteiger partial charge in [-0.2, -0.15) is 11.3 Å². The Morgan fingerprint density at radius 2 is 2.14 bits per heavy atom. The van der Waals surface area contributed by atoms with Gasteiger partial charge in [0.2, 0.25) is 0 Å². The van der Waals surface area contributed by atoms with Gasteiger partial charge >= 0.3 is 0 Å². The summed E-state index contributed by atoms with van der Waals surface area (Å²) in [6, 6.07) is 4.40. The summed E-state index contributed by atoms with van der Waals surface area (Å²) in [5.41, 5.74) is 2.81. The van der Waals surface area contributed by atoms with Gasteiger partial charge in [-0.25, -0.2) is 0 Å². The number of nitro benzene ring substituents is 1. The van der Waals surface area contributed by atoms with Crippen LogP contribution in [-0.4, -0.2) is 17.9 Å². The Kier molecular flexibility index (Phi) is 4.54. The van der Waals surface area contributed by atoms with Crippen LogP contribution in [0.5, 0.6) is 0 Å². The summed E-state index contributed by atoms with van der Waals surface area (Å²) in [4.78, 5) is 22.2. The standard InChI is InChI=1S/C14H15N3O3S/c1-9-7-21-8-11(9)6-16-12-4-3-10(14(18)15-2)5-13(12)17(19)20/h3-5,7-8,16H,6H2,1-2H3,(H,15,18). The predicted octanol–water partition coefficient (Wildman–Crippen LogP) is 2.94. The molecule has 1 heterocycles. The maximum atomic E-state index is 11.5. The lowest BCUT2D eigenvalue weighted by Crippen LogP contribution is -2.18. The number of nitro groups is 1. The number of nitrogens with one attached hydrogen (secondary N) is 2. The quantitative estimate of drug-likeness (QED) is 0.657. The molecule has 2 rings (SSSR count). The molecule has 0 unspecified atom stereocenters. The maximum Gasteiger partial charge on any atom is 0.293 e. The van der Waals surface area contributed by atoms with Gasteiger partial charge in [0.05, 0.1) is 4.92 Å². The second-order valence-corrected chi connectivity index (χ2v) is 5.25. The molecule has 0 saturated heterocycles. The molecule has 0 saturated carbocycles. The van der Waals surface area contributed by atoms with E-state index in [0.717, 1.165) is 11.1 Å². The second kappa shape index (κ2) is 6.36. The van der Waals surface area contributed by atoms with Crippen molar-refractivity contribution in [1.29, 1.82) is 0 Å².